The first kappa shape index (κ1) is 7.18. The van der Waals surface area contributed by atoms with E-state index in [4.69, 9.17) is 0 Å². The van der Waals surface area contributed by atoms with E-state index >= 15 is 0 Å². The lowest BCUT2D eigenvalue weighted by Crippen LogP contribution is -1.98. The molecule has 0 bridgehead atoms. The molecule has 0 atom stereocenters. The van der Waals surface area contributed by atoms with E-state index in [1.165, 1.54) is 7.05 Å². The van der Waals surface area contributed by atoms with Crippen molar-refractivity contribution in [3.8, 4) is 0 Å². The lowest BCUT2D eigenvalue weighted by atomic mass is 10.3. The molecule has 10 heavy (non-hydrogen) atoms. The predicted octanol–water partition coefficient (Wildman–Crippen LogP) is 1.47. The molecule has 1 heterocycles. The lowest BCUT2D eigenvalue weighted by Gasteiger charge is -1.99. The average molecular weight is 145 g/mol. The summed E-state index contributed by atoms with van der Waals surface area (Å²) in [5.74, 6) is 0. The standard InChI is InChI=1S/C6H7F2N2/c1-4-3-9-10(2)5(4)6(7)8/h6H,1-2H3. The van der Waals surface area contributed by atoms with E-state index in [1.54, 1.807) is 6.92 Å². The van der Waals surface area contributed by atoms with Crippen molar-refractivity contribution < 1.29 is 8.78 Å². The number of aromatic nitrogens is 2. The van der Waals surface area contributed by atoms with Crippen LogP contribution >= 0.6 is 0 Å². The van der Waals surface area contributed by atoms with Crippen LogP contribution in [-0.2, 0) is 7.05 Å². The molecule has 1 radical (unpaired) electrons. The molecule has 0 N–H and O–H groups in total. The molecular formula is C6H7F2N2. The van der Waals surface area contributed by atoms with Crippen LogP contribution in [0.25, 0.3) is 0 Å². The molecule has 0 amide bonds. The van der Waals surface area contributed by atoms with Crippen LogP contribution in [0, 0.1) is 13.1 Å². The first-order chi connectivity index (χ1) is 4.63. The highest BCUT2D eigenvalue weighted by atomic mass is 19.3. The highest BCUT2D eigenvalue weighted by Gasteiger charge is 2.14. The van der Waals surface area contributed by atoms with Gasteiger partial charge in [-0.25, -0.2) is 8.78 Å². The van der Waals surface area contributed by atoms with Crippen molar-refractivity contribution in [2.75, 3.05) is 0 Å². The van der Waals surface area contributed by atoms with Crippen LogP contribution in [0.4, 0.5) is 8.78 Å². The summed E-state index contributed by atoms with van der Waals surface area (Å²) in [6, 6.07) is 0. The van der Waals surface area contributed by atoms with Gasteiger partial charge in [0.05, 0.1) is 0 Å². The quantitative estimate of drug-likeness (QED) is 0.585. The minimum atomic E-state index is -2.45. The fraction of sp³-hybridized carbons (Fsp3) is 0.500. The maximum absolute atomic E-state index is 12.0. The Morgan fingerprint density at radius 2 is 2.20 bits per heavy atom. The number of rotatable bonds is 1. The van der Waals surface area contributed by atoms with Crippen LogP contribution < -0.4 is 0 Å². The van der Waals surface area contributed by atoms with E-state index < -0.39 is 6.43 Å². The van der Waals surface area contributed by atoms with E-state index in [0.29, 0.717) is 5.56 Å². The summed E-state index contributed by atoms with van der Waals surface area (Å²) in [6.45, 7) is 1.56. The van der Waals surface area contributed by atoms with E-state index in [-0.39, 0.29) is 5.69 Å². The first-order valence-electron chi connectivity index (χ1n) is 2.82. The molecule has 0 spiro atoms. The molecule has 0 fully saturated rings. The summed E-state index contributed by atoms with van der Waals surface area (Å²) in [5.41, 5.74) is 0.359. The number of hydrogen-bond donors (Lipinski definition) is 0. The molecule has 0 aliphatic heterocycles. The van der Waals surface area contributed by atoms with Crippen LogP contribution in [0.2, 0.25) is 0 Å². The summed E-state index contributed by atoms with van der Waals surface area (Å²) in [4.78, 5) is 0. The smallest absolute Gasteiger partial charge is 0.266 e. The van der Waals surface area contributed by atoms with Gasteiger partial charge in [0.2, 0.25) is 0 Å². The van der Waals surface area contributed by atoms with Crippen molar-refractivity contribution in [2.24, 2.45) is 7.05 Å². The van der Waals surface area contributed by atoms with E-state index in [9.17, 15) is 8.78 Å². The number of alkyl halides is 2. The maximum Gasteiger partial charge on any atom is 0.280 e. The second-order valence-electron chi connectivity index (χ2n) is 2.05. The number of halogens is 2. The van der Waals surface area contributed by atoms with Crippen molar-refractivity contribution in [1.82, 2.24) is 9.78 Å². The van der Waals surface area contributed by atoms with Crippen LogP contribution in [0.3, 0.4) is 0 Å². The molecule has 0 aromatic carbocycles. The number of hydrogen-bond acceptors (Lipinski definition) is 1. The minimum absolute atomic E-state index is 0.0556. The fourth-order valence-corrected chi connectivity index (χ4v) is 0.809. The highest BCUT2D eigenvalue weighted by molar-refractivity contribution is 5.14. The van der Waals surface area contributed by atoms with Crippen molar-refractivity contribution >= 4 is 0 Å². The third kappa shape index (κ3) is 1.01. The van der Waals surface area contributed by atoms with Gasteiger partial charge in [-0.1, -0.05) is 0 Å². The third-order valence-electron chi connectivity index (χ3n) is 1.31. The molecule has 2 nitrogen and oxygen atoms in total. The van der Waals surface area contributed by atoms with Crippen molar-refractivity contribution in [2.45, 2.75) is 13.3 Å². The van der Waals surface area contributed by atoms with E-state index in [2.05, 4.69) is 11.3 Å². The topological polar surface area (TPSA) is 17.8 Å². The van der Waals surface area contributed by atoms with Gasteiger partial charge >= 0.3 is 0 Å². The van der Waals surface area contributed by atoms with Crippen molar-refractivity contribution in [3.63, 3.8) is 0 Å². The number of aryl methyl sites for hydroxylation is 2. The fourth-order valence-electron chi connectivity index (χ4n) is 0.809. The highest BCUT2D eigenvalue weighted by Crippen LogP contribution is 2.20. The molecule has 0 aliphatic carbocycles. The van der Waals surface area contributed by atoms with Crippen molar-refractivity contribution in [1.29, 1.82) is 0 Å². The molecule has 0 aliphatic rings. The first-order valence-corrected chi connectivity index (χ1v) is 2.82. The molecule has 1 aromatic rings. The molecule has 0 saturated carbocycles. The zero-order chi connectivity index (χ0) is 7.72. The van der Waals surface area contributed by atoms with Crippen LogP contribution in [0.1, 0.15) is 17.7 Å². The van der Waals surface area contributed by atoms with Gasteiger partial charge in [-0.05, 0) is 6.92 Å². The Hall–Kier alpha value is -0.930. The van der Waals surface area contributed by atoms with Gasteiger partial charge in [-0.2, -0.15) is 5.10 Å². The average Bonchev–Trinajstić information content (AvgIpc) is 2.11. The third-order valence-corrected chi connectivity index (χ3v) is 1.31. The Morgan fingerprint density at radius 1 is 1.60 bits per heavy atom. The molecule has 1 rings (SSSR count). The molecule has 55 valence electrons. The van der Waals surface area contributed by atoms with Gasteiger partial charge < -0.3 is 0 Å². The summed E-state index contributed by atoms with van der Waals surface area (Å²) in [5, 5.41) is 3.55. The van der Waals surface area contributed by atoms with Gasteiger partial charge in [0.15, 0.2) is 0 Å². The second-order valence-corrected chi connectivity index (χ2v) is 2.05. The van der Waals surface area contributed by atoms with Gasteiger partial charge in [0.1, 0.15) is 11.9 Å². The predicted molar refractivity (Wildman–Crippen MR) is 31.7 cm³/mol. The van der Waals surface area contributed by atoms with Gasteiger partial charge in [-0.3, -0.25) is 4.68 Å². The van der Waals surface area contributed by atoms with Crippen molar-refractivity contribution in [3.05, 3.63) is 17.5 Å². The monoisotopic (exact) mass is 145 g/mol. The Kier molecular flexibility index (Phi) is 1.70. The Labute approximate surface area is 57.5 Å². The zero-order valence-electron chi connectivity index (χ0n) is 5.73. The van der Waals surface area contributed by atoms with E-state index in [1.807, 2.05) is 0 Å². The van der Waals surface area contributed by atoms with Gasteiger partial charge in [-0.15, -0.1) is 0 Å². The zero-order valence-corrected chi connectivity index (χ0v) is 5.73. The Balaban J connectivity index is 3.10. The Bertz CT molecular complexity index is 210. The second kappa shape index (κ2) is 2.36. The maximum atomic E-state index is 12.0. The molecule has 0 saturated heterocycles. The van der Waals surface area contributed by atoms with E-state index in [0.717, 1.165) is 4.68 Å². The Morgan fingerprint density at radius 3 is 2.40 bits per heavy atom. The molecule has 1 aromatic heterocycles. The normalized spacial score (nSPS) is 10.9. The summed E-state index contributed by atoms with van der Waals surface area (Å²) in [7, 11) is 1.48. The lowest BCUT2D eigenvalue weighted by molar-refractivity contribution is 0.140. The van der Waals surface area contributed by atoms with Crippen LogP contribution in [0.5, 0.6) is 0 Å². The molecular weight excluding hydrogens is 138 g/mol. The molecule has 0 unspecified atom stereocenters. The summed E-state index contributed by atoms with van der Waals surface area (Å²) >= 11 is 0. The van der Waals surface area contributed by atoms with Gasteiger partial charge in [0.25, 0.3) is 6.43 Å². The molecule has 4 heteroatoms. The van der Waals surface area contributed by atoms with Gasteiger partial charge in [0, 0.05) is 12.6 Å². The van der Waals surface area contributed by atoms with Crippen LogP contribution in [0.15, 0.2) is 0 Å². The van der Waals surface area contributed by atoms with Crippen LogP contribution in [-0.4, -0.2) is 9.78 Å². The minimum Gasteiger partial charge on any atom is -0.266 e. The summed E-state index contributed by atoms with van der Waals surface area (Å²) < 4.78 is 25.2. The number of nitrogens with zero attached hydrogens (tertiary/aromatic N) is 2. The largest absolute Gasteiger partial charge is 0.280 e. The summed E-state index contributed by atoms with van der Waals surface area (Å²) in [6.07, 6.45) is -0.00366. The SMILES string of the molecule is Cc1[c]nn(C)c1C(F)F.